The molecule has 0 aliphatic carbocycles. The van der Waals surface area contributed by atoms with Crippen LogP contribution in [0.25, 0.3) is 0 Å². The Hall–Kier alpha value is -0.500. The zero-order valence-corrected chi connectivity index (χ0v) is 22.7. The number of rotatable bonds is 24. The minimum Gasteiger partial charge on any atom is -0.463 e. The SMILES string of the molecule is [2H]C([2H])(OC(=O)CCCCCCCCCCCCCCCC)[C@@]([2H])(O)C([2H])([2H])OP(=O)(O)OCC[N+](C)(C)C. The number of hydrogen-bond donors (Lipinski definition) is 2. The summed E-state index contributed by atoms with van der Waals surface area (Å²) in [6, 6.07) is 0. The number of carbonyl (C=O) groups is 1. The zero-order valence-electron chi connectivity index (χ0n) is 26.9. The summed E-state index contributed by atoms with van der Waals surface area (Å²) < 4.78 is 64.8. The van der Waals surface area contributed by atoms with Crippen LogP contribution in [0.4, 0.5) is 0 Å². The molecule has 8 nitrogen and oxygen atoms in total. The smallest absolute Gasteiger partial charge is 0.463 e. The molecule has 0 aliphatic heterocycles. The number of esters is 1. The van der Waals surface area contributed by atoms with E-state index in [9.17, 15) is 19.4 Å². The number of phosphoric ester groups is 1. The quantitative estimate of drug-likeness (QED) is 0.0746. The maximum Gasteiger partial charge on any atom is 0.472 e. The third-order valence-electron chi connectivity index (χ3n) is 5.27. The Morgan fingerprint density at radius 1 is 0.882 bits per heavy atom. The van der Waals surface area contributed by atoms with E-state index in [4.69, 9.17) is 6.85 Å². The van der Waals surface area contributed by atoms with Crippen LogP contribution in [0.3, 0.4) is 0 Å². The number of hydrogen-bond acceptors (Lipinski definition) is 6. The monoisotopic (exact) mass is 515 g/mol. The van der Waals surface area contributed by atoms with Crippen LogP contribution in [0.5, 0.6) is 0 Å². The molecule has 0 aromatic rings. The molecule has 0 aliphatic rings. The van der Waals surface area contributed by atoms with Gasteiger partial charge in [0.25, 0.3) is 0 Å². The standard InChI is InChI=1S/C25H52NO7P/c1-5-6-7-8-9-10-11-12-13-14-15-16-17-18-19-25(28)31-22-24(27)23-33-34(29,30)32-21-20-26(2,3)4/h24,27H,5-23H2,1-4H3/p+1/t24-/m1/s1/i22D2,23D2,24D. The minimum atomic E-state index is -5.12. The largest absolute Gasteiger partial charge is 0.472 e. The van der Waals surface area contributed by atoms with E-state index < -0.39 is 33.0 Å². The van der Waals surface area contributed by atoms with Gasteiger partial charge in [0.1, 0.15) is 25.8 Å². The highest BCUT2D eigenvalue weighted by Gasteiger charge is 2.24. The highest BCUT2D eigenvalue weighted by Crippen LogP contribution is 2.43. The molecule has 0 saturated carbocycles. The summed E-state index contributed by atoms with van der Waals surface area (Å²) >= 11 is 0. The van der Waals surface area contributed by atoms with Crippen molar-refractivity contribution in [1.29, 1.82) is 0 Å². The maximum absolute atomic E-state index is 12.1. The van der Waals surface area contributed by atoms with Crippen molar-refractivity contribution in [3.05, 3.63) is 0 Å². The lowest BCUT2D eigenvalue weighted by Gasteiger charge is -2.24. The predicted molar refractivity (Wildman–Crippen MR) is 137 cm³/mol. The molecule has 9 heteroatoms. The number of phosphoric acid groups is 1. The van der Waals surface area contributed by atoms with Crippen LogP contribution in [0.15, 0.2) is 0 Å². The molecule has 0 amide bonds. The average Bonchev–Trinajstić information content (AvgIpc) is 2.77. The summed E-state index contributed by atoms with van der Waals surface area (Å²) in [6.45, 7) is -5.15. The van der Waals surface area contributed by atoms with Crippen LogP contribution >= 0.6 is 7.82 Å². The van der Waals surface area contributed by atoms with Gasteiger partial charge < -0.3 is 19.2 Å². The highest BCUT2D eigenvalue weighted by atomic mass is 31.2. The molecule has 2 atom stereocenters. The summed E-state index contributed by atoms with van der Waals surface area (Å²) in [5.41, 5.74) is 0. The molecular weight excluding hydrogens is 457 g/mol. The fraction of sp³-hybridized carbons (Fsp3) is 0.960. The van der Waals surface area contributed by atoms with Crippen molar-refractivity contribution in [2.24, 2.45) is 0 Å². The van der Waals surface area contributed by atoms with Gasteiger partial charge in [0, 0.05) is 6.42 Å². The summed E-state index contributed by atoms with van der Waals surface area (Å²) in [5, 5.41) is 10.3. The van der Waals surface area contributed by atoms with Gasteiger partial charge in [-0.25, -0.2) is 4.57 Å². The summed E-state index contributed by atoms with van der Waals surface area (Å²) in [6.07, 6.45) is 11.7. The lowest BCUT2D eigenvalue weighted by molar-refractivity contribution is -0.870. The van der Waals surface area contributed by atoms with Crippen LogP contribution in [0.2, 0.25) is 0 Å². The lowest BCUT2D eigenvalue weighted by Crippen LogP contribution is -2.37. The summed E-state index contributed by atoms with van der Waals surface area (Å²) in [7, 11) is 0.245. The lowest BCUT2D eigenvalue weighted by atomic mass is 10.0. The highest BCUT2D eigenvalue weighted by molar-refractivity contribution is 7.47. The Morgan fingerprint density at radius 3 is 1.82 bits per heavy atom. The Balaban J connectivity index is 4.35. The average molecular weight is 516 g/mol. The molecule has 204 valence electrons. The number of unbranched alkanes of at least 4 members (excludes halogenated alkanes) is 13. The Bertz CT molecular complexity index is 736. The first-order valence-corrected chi connectivity index (χ1v) is 14.3. The van der Waals surface area contributed by atoms with Crippen LogP contribution in [0.1, 0.15) is 110 Å². The minimum absolute atomic E-state index is 0.176. The Kier molecular flexibility index (Phi) is 15.3. The Morgan fingerprint density at radius 2 is 1.35 bits per heavy atom. The van der Waals surface area contributed by atoms with Crippen molar-refractivity contribution >= 4 is 13.8 Å². The fourth-order valence-electron chi connectivity index (χ4n) is 3.20. The van der Waals surface area contributed by atoms with Crippen molar-refractivity contribution in [2.45, 2.75) is 109 Å². The topological polar surface area (TPSA) is 102 Å². The van der Waals surface area contributed by atoms with E-state index in [1.54, 1.807) is 21.1 Å². The number of quaternary nitrogens is 1. The second kappa shape index (κ2) is 20.7. The van der Waals surface area contributed by atoms with Gasteiger partial charge in [-0.3, -0.25) is 13.8 Å². The zero-order chi connectivity index (χ0) is 30.2. The number of ether oxygens (including phenoxy) is 1. The Labute approximate surface area is 215 Å². The first-order chi connectivity index (χ1) is 17.9. The number of carbonyl (C=O) groups excluding carboxylic acids is 1. The normalized spacial score (nSPS) is 18.6. The maximum atomic E-state index is 12.1. The van der Waals surface area contributed by atoms with Gasteiger partial charge in [-0.1, -0.05) is 90.4 Å². The second-order valence-electron chi connectivity index (χ2n) is 9.78. The van der Waals surface area contributed by atoms with Gasteiger partial charge in [-0.15, -0.1) is 0 Å². The van der Waals surface area contributed by atoms with Gasteiger partial charge in [0.2, 0.25) is 0 Å². The number of likely N-dealkylation sites (N-methyl/N-ethyl adjacent to an activating group) is 1. The molecule has 0 bridgehead atoms. The molecule has 2 N–H and O–H groups in total. The molecule has 0 fully saturated rings. The summed E-state index contributed by atoms with van der Waals surface area (Å²) in [4.78, 5) is 21.9. The van der Waals surface area contributed by atoms with E-state index in [-0.39, 0.29) is 19.6 Å². The predicted octanol–water partition coefficient (Wildman–Crippen LogP) is 5.60. The van der Waals surface area contributed by atoms with Crippen molar-refractivity contribution < 1.29 is 44.5 Å². The van der Waals surface area contributed by atoms with Gasteiger partial charge >= 0.3 is 13.8 Å². The fourth-order valence-corrected chi connectivity index (χ4v) is 3.77. The summed E-state index contributed by atoms with van der Waals surface area (Å²) in [5.74, 6) is -1.06. The number of aliphatic hydroxyl groups is 1. The van der Waals surface area contributed by atoms with E-state index in [1.165, 1.54) is 57.8 Å². The third-order valence-corrected chi connectivity index (χ3v) is 6.10. The van der Waals surface area contributed by atoms with Gasteiger partial charge in [-0.2, -0.15) is 0 Å². The van der Waals surface area contributed by atoms with E-state index in [2.05, 4.69) is 20.7 Å². The van der Waals surface area contributed by atoms with E-state index >= 15 is 0 Å². The van der Waals surface area contributed by atoms with Crippen molar-refractivity contribution in [3.63, 3.8) is 0 Å². The van der Waals surface area contributed by atoms with Crippen molar-refractivity contribution in [2.75, 3.05) is 47.4 Å². The molecule has 0 spiro atoms. The van der Waals surface area contributed by atoms with E-state index in [0.717, 1.165) is 25.7 Å². The van der Waals surface area contributed by atoms with Crippen molar-refractivity contribution in [3.8, 4) is 0 Å². The molecular formula is C25H53NO7P+. The van der Waals surface area contributed by atoms with Crippen LogP contribution in [0, 0.1) is 0 Å². The molecule has 0 rings (SSSR count). The van der Waals surface area contributed by atoms with Crippen LogP contribution in [-0.4, -0.2) is 73.9 Å². The van der Waals surface area contributed by atoms with Gasteiger partial charge in [0.05, 0.1) is 34.6 Å². The molecule has 34 heavy (non-hydrogen) atoms. The molecule has 0 radical (unpaired) electrons. The van der Waals surface area contributed by atoms with E-state index in [0.29, 0.717) is 10.9 Å². The third kappa shape index (κ3) is 24.6. The van der Waals surface area contributed by atoms with Crippen LogP contribution in [-0.2, 0) is 23.1 Å². The molecule has 0 heterocycles. The molecule has 1 unspecified atom stereocenters. The molecule has 0 saturated heterocycles. The van der Waals surface area contributed by atoms with E-state index in [1.807, 2.05) is 0 Å². The molecule has 0 aromatic heterocycles. The molecule has 0 aromatic carbocycles. The van der Waals surface area contributed by atoms with Gasteiger partial charge in [0.15, 0.2) is 0 Å². The van der Waals surface area contributed by atoms with Crippen LogP contribution < -0.4 is 0 Å². The van der Waals surface area contributed by atoms with Gasteiger partial charge in [-0.05, 0) is 6.42 Å². The first-order valence-electron chi connectivity index (χ1n) is 15.3. The van der Waals surface area contributed by atoms with Crippen molar-refractivity contribution in [1.82, 2.24) is 0 Å². The first kappa shape index (κ1) is 25.2. The second-order valence-corrected chi connectivity index (χ2v) is 11.2. The number of nitrogens with zero attached hydrogens (tertiary/aromatic N) is 1.